The molecule has 0 radical (unpaired) electrons. The Morgan fingerprint density at radius 2 is 1.79 bits per heavy atom. The molecule has 29 heavy (non-hydrogen) atoms. The van der Waals surface area contributed by atoms with Crippen LogP contribution in [0.5, 0.6) is 11.5 Å². The van der Waals surface area contributed by atoms with Gasteiger partial charge in [-0.15, -0.1) is 0 Å². The Kier molecular flexibility index (Phi) is 5.56. The van der Waals surface area contributed by atoms with Crippen molar-refractivity contribution in [1.29, 1.82) is 0 Å². The molecule has 5 heteroatoms. The van der Waals surface area contributed by atoms with Gasteiger partial charge in [0.15, 0.2) is 5.43 Å². The molecule has 4 rings (SSSR count). The van der Waals surface area contributed by atoms with Gasteiger partial charge in [-0.1, -0.05) is 24.3 Å². The molecule has 4 aromatic rings. The quantitative estimate of drug-likeness (QED) is 0.510. The first kappa shape index (κ1) is 18.7. The third-order valence-corrected chi connectivity index (χ3v) is 4.82. The molecule has 2 aromatic heterocycles. The lowest BCUT2D eigenvalue weighted by molar-refractivity contribution is 0.292. The van der Waals surface area contributed by atoms with E-state index in [9.17, 15) is 4.79 Å². The van der Waals surface area contributed by atoms with Gasteiger partial charge in [0, 0.05) is 41.3 Å². The number of benzene rings is 2. The first-order valence-corrected chi connectivity index (χ1v) is 9.56. The highest BCUT2D eigenvalue weighted by Gasteiger charge is 2.09. The Bertz CT molecular complexity index is 1170. The van der Waals surface area contributed by atoms with Gasteiger partial charge in [0.05, 0.1) is 12.3 Å². The van der Waals surface area contributed by atoms with Gasteiger partial charge in [-0.05, 0) is 42.8 Å². The summed E-state index contributed by atoms with van der Waals surface area (Å²) in [4.78, 5) is 20.0. The van der Waals surface area contributed by atoms with Crippen LogP contribution in [0.25, 0.3) is 10.9 Å². The largest absolute Gasteiger partial charge is 0.493 e. The van der Waals surface area contributed by atoms with Crippen molar-refractivity contribution in [1.82, 2.24) is 9.97 Å². The summed E-state index contributed by atoms with van der Waals surface area (Å²) in [6, 6.07) is 19.0. The predicted octanol–water partition coefficient (Wildman–Crippen LogP) is 4.43. The zero-order valence-electron chi connectivity index (χ0n) is 16.2. The highest BCUT2D eigenvalue weighted by molar-refractivity contribution is 5.79. The van der Waals surface area contributed by atoms with Crippen LogP contribution in [0.3, 0.4) is 0 Å². The summed E-state index contributed by atoms with van der Waals surface area (Å²) in [5, 5.41) is 0.692. The van der Waals surface area contributed by atoms with Crippen LogP contribution >= 0.6 is 0 Å². The lowest BCUT2D eigenvalue weighted by Gasteiger charge is -2.12. The number of nitrogens with one attached hydrogen (secondary N) is 1. The minimum absolute atomic E-state index is 0.0328. The zero-order chi connectivity index (χ0) is 20.1. The Balaban J connectivity index is 1.41. The van der Waals surface area contributed by atoms with Crippen LogP contribution < -0.4 is 14.9 Å². The normalized spacial score (nSPS) is 10.8. The van der Waals surface area contributed by atoms with E-state index in [1.165, 1.54) is 0 Å². The molecule has 1 N–H and O–H groups in total. The lowest BCUT2D eigenvalue weighted by Crippen LogP contribution is -2.13. The first-order valence-electron chi connectivity index (χ1n) is 9.56. The second-order valence-electron chi connectivity index (χ2n) is 6.83. The fourth-order valence-corrected chi connectivity index (χ4v) is 3.17. The Hall–Kier alpha value is -3.60. The van der Waals surface area contributed by atoms with Gasteiger partial charge in [0.1, 0.15) is 18.1 Å². The molecular weight excluding hydrogens is 364 g/mol. The zero-order valence-corrected chi connectivity index (χ0v) is 16.2. The predicted molar refractivity (Wildman–Crippen MR) is 114 cm³/mol. The third-order valence-electron chi connectivity index (χ3n) is 4.82. The molecule has 0 unspecified atom stereocenters. The summed E-state index contributed by atoms with van der Waals surface area (Å²) >= 11 is 0. The van der Waals surface area contributed by atoms with Gasteiger partial charge < -0.3 is 14.5 Å². The van der Waals surface area contributed by atoms with Crippen LogP contribution in [0.4, 0.5) is 0 Å². The van der Waals surface area contributed by atoms with E-state index in [2.05, 4.69) is 9.97 Å². The topological polar surface area (TPSA) is 64.2 Å². The van der Waals surface area contributed by atoms with E-state index in [1.54, 1.807) is 6.20 Å². The van der Waals surface area contributed by atoms with E-state index in [4.69, 9.17) is 9.47 Å². The summed E-state index contributed by atoms with van der Waals surface area (Å²) in [6.07, 6.45) is 4.39. The van der Waals surface area contributed by atoms with E-state index in [0.717, 1.165) is 28.9 Å². The van der Waals surface area contributed by atoms with Crippen molar-refractivity contribution in [3.05, 3.63) is 100 Å². The van der Waals surface area contributed by atoms with Crippen molar-refractivity contribution >= 4 is 10.9 Å². The second kappa shape index (κ2) is 8.61. The van der Waals surface area contributed by atoms with Crippen LogP contribution in [0, 0.1) is 6.92 Å². The van der Waals surface area contributed by atoms with E-state index in [1.807, 2.05) is 73.8 Å². The molecule has 2 heterocycles. The Morgan fingerprint density at radius 1 is 0.966 bits per heavy atom. The van der Waals surface area contributed by atoms with E-state index < -0.39 is 0 Å². The second-order valence-corrected chi connectivity index (χ2v) is 6.83. The maximum Gasteiger partial charge on any atom is 0.192 e. The fraction of sp³-hybridized carbons (Fsp3) is 0.167. The minimum atomic E-state index is 0.0328. The number of hydrogen-bond donors (Lipinski definition) is 1. The fourth-order valence-electron chi connectivity index (χ4n) is 3.17. The molecule has 0 bridgehead atoms. The van der Waals surface area contributed by atoms with Crippen LogP contribution in [-0.2, 0) is 13.0 Å². The number of ether oxygens (including phenoxy) is 2. The van der Waals surface area contributed by atoms with Crippen molar-refractivity contribution in [2.45, 2.75) is 20.0 Å². The number of rotatable bonds is 7. The van der Waals surface area contributed by atoms with Crippen molar-refractivity contribution in [2.75, 3.05) is 6.61 Å². The van der Waals surface area contributed by atoms with Gasteiger partial charge in [0.25, 0.3) is 0 Å². The molecular formula is C24H22N2O3. The SMILES string of the molecule is Cc1c(COc2cccc(OCCc3cccnc3)c2)[nH]c2ccccc2c1=O. The lowest BCUT2D eigenvalue weighted by atomic mass is 10.1. The summed E-state index contributed by atoms with van der Waals surface area (Å²) in [7, 11) is 0. The van der Waals surface area contributed by atoms with Gasteiger partial charge >= 0.3 is 0 Å². The molecule has 0 aliphatic carbocycles. The van der Waals surface area contributed by atoms with Crippen LogP contribution in [-0.4, -0.2) is 16.6 Å². The molecule has 2 aromatic carbocycles. The molecule has 0 aliphatic rings. The van der Waals surface area contributed by atoms with Crippen molar-refractivity contribution in [3.8, 4) is 11.5 Å². The molecule has 0 fully saturated rings. The van der Waals surface area contributed by atoms with E-state index in [-0.39, 0.29) is 12.0 Å². The summed E-state index contributed by atoms with van der Waals surface area (Å²) in [5.74, 6) is 1.44. The highest BCUT2D eigenvalue weighted by atomic mass is 16.5. The van der Waals surface area contributed by atoms with Gasteiger partial charge in [-0.3, -0.25) is 9.78 Å². The molecule has 0 atom stereocenters. The first-order chi connectivity index (χ1) is 14.2. The van der Waals surface area contributed by atoms with Crippen molar-refractivity contribution in [3.63, 3.8) is 0 Å². The molecule has 5 nitrogen and oxygen atoms in total. The van der Waals surface area contributed by atoms with Crippen molar-refractivity contribution < 1.29 is 9.47 Å². The Labute approximate surface area is 169 Å². The molecule has 0 aliphatic heterocycles. The molecule has 0 saturated carbocycles. The number of pyridine rings is 2. The van der Waals surface area contributed by atoms with Crippen LogP contribution in [0.2, 0.25) is 0 Å². The maximum atomic E-state index is 12.5. The number of aromatic nitrogens is 2. The van der Waals surface area contributed by atoms with Gasteiger partial charge in [0.2, 0.25) is 0 Å². The summed E-state index contributed by atoms with van der Waals surface area (Å²) in [6.45, 7) is 2.67. The van der Waals surface area contributed by atoms with Gasteiger partial charge in [-0.25, -0.2) is 0 Å². The number of nitrogens with zero attached hydrogens (tertiary/aromatic N) is 1. The molecule has 0 amide bonds. The highest BCUT2D eigenvalue weighted by Crippen LogP contribution is 2.21. The third kappa shape index (κ3) is 4.46. The smallest absolute Gasteiger partial charge is 0.192 e. The average Bonchev–Trinajstić information content (AvgIpc) is 2.76. The summed E-state index contributed by atoms with van der Waals surface area (Å²) in [5.41, 5.74) is 3.43. The monoisotopic (exact) mass is 386 g/mol. The Morgan fingerprint density at radius 3 is 2.62 bits per heavy atom. The summed E-state index contributed by atoms with van der Waals surface area (Å²) < 4.78 is 11.8. The average molecular weight is 386 g/mol. The number of aromatic amines is 1. The molecule has 0 saturated heterocycles. The van der Waals surface area contributed by atoms with Crippen LogP contribution in [0.15, 0.2) is 77.9 Å². The maximum absolute atomic E-state index is 12.5. The van der Waals surface area contributed by atoms with E-state index in [0.29, 0.717) is 23.3 Å². The molecule has 0 spiro atoms. The number of H-pyrrole nitrogens is 1. The number of para-hydroxylation sites is 1. The number of hydrogen-bond acceptors (Lipinski definition) is 4. The van der Waals surface area contributed by atoms with E-state index >= 15 is 0 Å². The van der Waals surface area contributed by atoms with Crippen LogP contribution in [0.1, 0.15) is 16.8 Å². The van der Waals surface area contributed by atoms with Crippen molar-refractivity contribution in [2.24, 2.45) is 0 Å². The number of fused-ring (bicyclic) bond motifs is 1. The standard InChI is InChI=1S/C24H22N2O3/c1-17-23(26-22-10-3-2-9-21(22)24(17)27)16-29-20-8-4-7-19(14-20)28-13-11-18-6-5-12-25-15-18/h2-10,12,14-15H,11,13,16H2,1H3,(H,26,27). The minimum Gasteiger partial charge on any atom is -0.493 e. The molecule has 146 valence electrons. The van der Waals surface area contributed by atoms with Gasteiger partial charge in [-0.2, -0.15) is 0 Å².